The number of aliphatic hydroxyl groups is 4. The van der Waals surface area contributed by atoms with Crippen molar-refractivity contribution in [1.29, 1.82) is 0 Å². The molecule has 0 aromatic rings. The number of hydrogen-bond donors (Lipinski definition) is 4. The fourth-order valence-corrected chi connectivity index (χ4v) is 4.31. The van der Waals surface area contributed by atoms with E-state index in [1.54, 1.807) is 42.5 Å². The van der Waals surface area contributed by atoms with Crippen LogP contribution in [0.2, 0.25) is 0 Å². The third-order valence-electron chi connectivity index (χ3n) is 7.10. The van der Waals surface area contributed by atoms with Crippen LogP contribution in [-0.4, -0.2) is 56.9 Å². The minimum absolute atomic E-state index is 0.130. The molecule has 6 nitrogen and oxygen atoms in total. The summed E-state index contributed by atoms with van der Waals surface area (Å²) in [5.74, 6) is -1.51. The Morgan fingerprint density at radius 1 is 1.00 bits per heavy atom. The van der Waals surface area contributed by atoms with Gasteiger partial charge in [-0.2, -0.15) is 0 Å². The Morgan fingerprint density at radius 3 is 2.35 bits per heavy atom. The highest BCUT2D eigenvalue weighted by molar-refractivity contribution is 5.82. The largest absolute Gasteiger partial charge is 0.459 e. The molecule has 6 heteroatoms. The lowest BCUT2D eigenvalue weighted by atomic mass is 9.87. The highest BCUT2D eigenvalue weighted by atomic mass is 16.5. The molecule has 1 rings (SSSR count). The van der Waals surface area contributed by atoms with Crippen molar-refractivity contribution in [3.8, 4) is 0 Å². The molecule has 0 bridgehead atoms. The van der Waals surface area contributed by atoms with Gasteiger partial charge in [0.05, 0.1) is 24.4 Å². The van der Waals surface area contributed by atoms with Gasteiger partial charge in [-0.15, -0.1) is 0 Å². The van der Waals surface area contributed by atoms with Crippen LogP contribution >= 0.6 is 0 Å². The van der Waals surface area contributed by atoms with Crippen LogP contribution in [0, 0.1) is 29.6 Å². The maximum absolute atomic E-state index is 12.6. The number of ether oxygens (including phenoxy) is 1. The highest BCUT2D eigenvalue weighted by Crippen LogP contribution is 2.24. The fourth-order valence-electron chi connectivity index (χ4n) is 4.31. The van der Waals surface area contributed by atoms with Gasteiger partial charge < -0.3 is 25.2 Å². The monoisotopic (exact) mass is 516 g/mol. The van der Waals surface area contributed by atoms with Crippen molar-refractivity contribution >= 4 is 5.97 Å². The molecule has 4 N–H and O–H groups in total. The van der Waals surface area contributed by atoms with E-state index in [1.807, 2.05) is 52.8 Å². The van der Waals surface area contributed by atoms with Gasteiger partial charge in [0.2, 0.25) is 0 Å². The molecular formula is C31H48O6. The van der Waals surface area contributed by atoms with Gasteiger partial charge >= 0.3 is 5.97 Å². The maximum atomic E-state index is 12.6. The first-order valence-electron chi connectivity index (χ1n) is 13.4. The van der Waals surface area contributed by atoms with Gasteiger partial charge in [0, 0.05) is 42.1 Å². The van der Waals surface area contributed by atoms with Crippen LogP contribution in [0.3, 0.4) is 0 Å². The second kappa shape index (κ2) is 17.3. The first-order chi connectivity index (χ1) is 17.5. The molecule has 0 aliphatic carbocycles. The van der Waals surface area contributed by atoms with E-state index in [4.69, 9.17) is 4.74 Å². The molecule has 0 unspecified atom stereocenters. The van der Waals surface area contributed by atoms with Gasteiger partial charge in [-0.1, -0.05) is 102 Å². The van der Waals surface area contributed by atoms with Gasteiger partial charge in [-0.3, -0.25) is 0 Å². The van der Waals surface area contributed by atoms with Crippen LogP contribution in [0.25, 0.3) is 0 Å². The summed E-state index contributed by atoms with van der Waals surface area (Å²) >= 11 is 0. The number of rotatable bonds is 5. The van der Waals surface area contributed by atoms with Crippen LogP contribution in [0.4, 0.5) is 0 Å². The Kier molecular flexibility index (Phi) is 15.3. The van der Waals surface area contributed by atoms with Crippen molar-refractivity contribution < 1.29 is 30.0 Å². The summed E-state index contributed by atoms with van der Waals surface area (Å²) in [4.78, 5) is 12.6. The van der Waals surface area contributed by atoms with E-state index in [0.717, 1.165) is 0 Å². The topological polar surface area (TPSA) is 107 Å². The summed E-state index contributed by atoms with van der Waals surface area (Å²) in [7, 11) is 0. The minimum Gasteiger partial charge on any atom is -0.459 e. The van der Waals surface area contributed by atoms with E-state index < -0.39 is 36.5 Å². The lowest BCUT2D eigenvalue weighted by Crippen LogP contribution is -2.36. The molecule has 37 heavy (non-hydrogen) atoms. The van der Waals surface area contributed by atoms with Gasteiger partial charge in [-0.25, -0.2) is 4.79 Å². The Bertz CT molecular complexity index is 826. The van der Waals surface area contributed by atoms with Crippen molar-refractivity contribution in [2.45, 2.75) is 84.4 Å². The van der Waals surface area contributed by atoms with Crippen molar-refractivity contribution in [1.82, 2.24) is 0 Å². The van der Waals surface area contributed by atoms with E-state index in [-0.39, 0.29) is 36.0 Å². The number of carbonyl (C=O) groups excluding carboxylic acids is 1. The predicted octanol–water partition coefficient (Wildman–Crippen LogP) is 4.67. The average Bonchev–Trinajstić information content (AvgIpc) is 2.87. The Hall–Kier alpha value is -2.25. The molecular weight excluding hydrogens is 468 g/mol. The lowest BCUT2D eigenvalue weighted by Gasteiger charge is -2.30. The van der Waals surface area contributed by atoms with E-state index in [1.165, 1.54) is 6.08 Å². The Balaban J connectivity index is 3.14. The molecule has 1 aliphatic heterocycles. The van der Waals surface area contributed by atoms with Crippen molar-refractivity contribution in [3.05, 3.63) is 73.4 Å². The van der Waals surface area contributed by atoms with Gasteiger partial charge in [-0.05, 0) is 12.8 Å². The third-order valence-corrected chi connectivity index (χ3v) is 7.10. The van der Waals surface area contributed by atoms with Crippen LogP contribution in [0.5, 0.6) is 0 Å². The first kappa shape index (κ1) is 32.8. The molecule has 0 aromatic carbocycles. The molecule has 0 amide bonds. The molecule has 0 fully saturated rings. The molecule has 1 aliphatic rings. The zero-order chi connectivity index (χ0) is 28.0. The van der Waals surface area contributed by atoms with E-state index >= 15 is 0 Å². The Morgan fingerprint density at radius 2 is 1.68 bits per heavy atom. The summed E-state index contributed by atoms with van der Waals surface area (Å²) in [6.07, 6.45) is 16.8. The van der Waals surface area contributed by atoms with Crippen molar-refractivity contribution in [2.24, 2.45) is 29.6 Å². The summed E-state index contributed by atoms with van der Waals surface area (Å²) in [5.41, 5.74) is 0. The maximum Gasteiger partial charge on any atom is 0.331 e. The normalized spacial score (nSPS) is 37.0. The number of cyclic esters (lactones) is 1. The quantitative estimate of drug-likeness (QED) is 0.240. The predicted molar refractivity (Wildman–Crippen MR) is 149 cm³/mol. The van der Waals surface area contributed by atoms with Gasteiger partial charge in [0.25, 0.3) is 0 Å². The molecule has 0 radical (unpaired) electrons. The number of allylic oxidation sites excluding steroid dienone is 5. The SMILES string of the molecule is C=C/C=C\[C@H](C)[C@H](O)[C@@H](C)[C@H]1CC/C=C\[C@H](C)[C@@H](O)[C@@H](C)/C=C\[C@H](O)C[C@H](O)[C@H](C)/C=C/C=C\C(=O)O1. The van der Waals surface area contributed by atoms with Crippen molar-refractivity contribution in [3.63, 3.8) is 0 Å². The lowest BCUT2D eigenvalue weighted by molar-refractivity contribution is -0.148. The molecule has 0 saturated heterocycles. The fraction of sp³-hybridized carbons (Fsp3) is 0.581. The Labute approximate surface area is 223 Å². The summed E-state index contributed by atoms with van der Waals surface area (Å²) in [6, 6.07) is 0. The van der Waals surface area contributed by atoms with E-state index in [2.05, 4.69) is 6.58 Å². The molecule has 0 spiro atoms. The molecule has 0 saturated carbocycles. The smallest absolute Gasteiger partial charge is 0.331 e. The van der Waals surface area contributed by atoms with Crippen molar-refractivity contribution in [2.75, 3.05) is 0 Å². The van der Waals surface area contributed by atoms with Gasteiger partial charge in [0.1, 0.15) is 6.10 Å². The number of aliphatic hydroxyl groups excluding tert-OH is 4. The molecule has 208 valence electrons. The summed E-state index contributed by atoms with van der Waals surface area (Å²) in [5, 5.41) is 42.3. The highest BCUT2D eigenvalue weighted by Gasteiger charge is 2.29. The average molecular weight is 517 g/mol. The third kappa shape index (κ3) is 12.2. The number of hydrogen-bond acceptors (Lipinski definition) is 6. The van der Waals surface area contributed by atoms with Gasteiger partial charge in [0.15, 0.2) is 0 Å². The molecule has 1 heterocycles. The van der Waals surface area contributed by atoms with Crippen LogP contribution in [0.15, 0.2) is 73.4 Å². The molecule has 0 aromatic heterocycles. The zero-order valence-corrected chi connectivity index (χ0v) is 23.1. The van der Waals surface area contributed by atoms with Crippen LogP contribution in [0.1, 0.15) is 53.9 Å². The van der Waals surface area contributed by atoms with E-state index in [0.29, 0.717) is 12.8 Å². The summed E-state index contributed by atoms with van der Waals surface area (Å²) in [6.45, 7) is 13.1. The molecule has 10 atom stereocenters. The second-order valence-electron chi connectivity index (χ2n) is 10.4. The van der Waals surface area contributed by atoms with Crippen LogP contribution < -0.4 is 0 Å². The standard InChI is InChI=1S/C31H48O6/c1-7-8-13-23(4)31(36)25(6)28-16-11-9-15-22(3)30(35)24(5)18-19-26(32)20-27(33)21(2)14-10-12-17-29(34)37-28/h7-10,12-15,17-19,21-28,30-33,35-36H,1,11,16,20H2,2-6H3/b13-8-,14-10+,15-9-,17-12-,19-18-/t21-,22+,23+,24+,25+,26+,27+,28-,30-,31+/m1/s1. The van der Waals surface area contributed by atoms with E-state index in [9.17, 15) is 25.2 Å². The first-order valence-corrected chi connectivity index (χ1v) is 13.4. The van der Waals surface area contributed by atoms with Crippen LogP contribution in [-0.2, 0) is 9.53 Å². The summed E-state index contributed by atoms with van der Waals surface area (Å²) < 4.78 is 5.76. The second-order valence-corrected chi connectivity index (χ2v) is 10.4. The number of carbonyl (C=O) groups is 1. The number of esters is 1. The zero-order valence-electron chi connectivity index (χ0n) is 23.1. The minimum atomic E-state index is -0.827.